The normalized spacial score (nSPS) is 17.6. The molecule has 10 heteroatoms. The summed E-state index contributed by atoms with van der Waals surface area (Å²) in [7, 11) is 0. The number of rotatable bonds is 8. The first-order valence-corrected chi connectivity index (χ1v) is 18.3. The average molecular weight is 695 g/mol. The zero-order valence-electron chi connectivity index (χ0n) is 28.2. The first-order valence-electron chi connectivity index (χ1n) is 17.9. The van der Waals surface area contributed by atoms with Gasteiger partial charge in [-0.25, -0.2) is 0 Å². The van der Waals surface area contributed by atoms with Crippen LogP contribution < -0.4 is 15.6 Å². The first kappa shape index (κ1) is 33.8. The largest absolute Gasteiger partial charge is 0.451 e. The minimum absolute atomic E-state index is 0.0548. The van der Waals surface area contributed by atoms with E-state index in [1.807, 2.05) is 53.4 Å². The Morgan fingerprint density at radius 2 is 1.52 bits per heavy atom. The number of nitrogens with zero attached hydrogens (tertiary/aromatic N) is 3. The van der Waals surface area contributed by atoms with Gasteiger partial charge in [-0.2, -0.15) is 0 Å². The number of hydrogen-bond donors (Lipinski definition) is 1. The third-order valence-corrected chi connectivity index (χ3v) is 10.7. The maximum absolute atomic E-state index is 14.1. The quantitative estimate of drug-likeness (QED) is 0.228. The van der Waals surface area contributed by atoms with Gasteiger partial charge in [-0.15, -0.1) is 0 Å². The van der Waals surface area contributed by atoms with E-state index in [2.05, 4.69) is 10.2 Å². The van der Waals surface area contributed by atoms with Gasteiger partial charge >= 0.3 is 0 Å². The van der Waals surface area contributed by atoms with E-state index in [0.29, 0.717) is 53.7 Å². The maximum Gasteiger partial charge on any atom is 0.287 e. The van der Waals surface area contributed by atoms with Crippen LogP contribution in [-0.2, 0) is 11.2 Å². The molecule has 3 heterocycles. The predicted molar refractivity (Wildman–Crippen MR) is 195 cm³/mol. The van der Waals surface area contributed by atoms with Crippen molar-refractivity contribution in [2.24, 2.45) is 0 Å². The molecule has 0 radical (unpaired) electrons. The Morgan fingerprint density at radius 1 is 0.800 bits per heavy atom. The van der Waals surface area contributed by atoms with Crippen LogP contribution in [0.1, 0.15) is 82.9 Å². The van der Waals surface area contributed by atoms with Gasteiger partial charge in [-0.1, -0.05) is 54.8 Å². The summed E-state index contributed by atoms with van der Waals surface area (Å²) in [6.07, 6.45) is 8.04. The number of anilines is 1. The summed E-state index contributed by atoms with van der Waals surface area (Å²) < 4.78 is 5.96. The van der Waals surface area contributed by atoms with E-state index in [1.165, 1.54) is 18.9 Å². The van der Waals surface area contributed by atoms with Gasteiger partial charge in [-0.05, 0) is 85.5 Å². The Balaban J connectivity index is 1.07. The summed E-state index contributed by atoms with van der Waals surface area (Å²) in [5.41, 5.74) is 3.59. The fourth-order valence-electron chi connectivity index (χ4n) is 7.67. The van der Waals surface area contributed by atoms with Crippen LogP contribution in [0.3, 0.4) is 0 Å². The first-order chi connectivity index (χ1) is 24.3. The number of benzene rings is 3. The number of carbonyl (C=O) groups is 3. The average Bonchev–Trinajstić information content (AvgIpc) is 3.70. The molecule has 0 bridgehead atoms. The van der Waals surface area contributed by atoms with Crippen LogP contribution in [0, 0.1) is 0 Å². The molecular formula is C40H43ClN4O5. The second-order valence-corrected chi connectivity index (χ2v) is 14.2. The van der Waals surface area contributed by atoms with E-state index >= 15 is 0 Å². The number of para-hydroxylation sites is 1. The van der Waals surface area contributed by atoms with Crippen LogP contribution in [-0.4, -0.2) is 72.8 Å². The van der Waals surface area contributed by atoms with E-state index < -0.39 is 11.9 Å². The van der Waals surface area contributed by atoms with Crippen LogP contribution in [0.4, 0.5) is 5.69 Å². The van der Waals surface area contributed by atoms with Crippen molar-refractivity contribution in [2.45, 2.75) is 63.3 Å². The summed E-state index contributed by atoms with van der Waals surface area (Å²) >= 11 is 6.13. The molecule has 9 nitrogen and oxygen atoms in total. The van der Waals surface area contributed by atoms with Crippen LogP contribution >= 0.6 is 11.6 Å². The Hall–Kier alpha value is -4.63. The van der Waals surface area contributed by atoms with Crippen molar-refractivity contribution < 1.29 is 18.8 Å². The summed E-state index contributed by atoms with van der Waals surface area (Å²) in [5, 5.41) is 3.91. The number of amides is 3. The fraction of sp³-hybridized carbons (Fsp3) is 0.400. The molecule has 1 atom stereocenters. The van der Waals surface area contributed by atoms with E-state index in [9.17, 15) is 19.2 Å². The van der Waals surface area contributed by atoms with Crippen molar-refractivity contribution in [3.05, 3.63) is 110 Å². The number of carbonyl (C=O) groups excluding carboxylic acids is 3. The van der Waals surface area contributed by atoms with Gasteiger partial charge < -0.3 is 24.4 Å². The standard InChI is InChI=1S/C40H43ClN4O5/c41-30-15-12-27(13-16-30)24-33(42-38(47)37-26-35(46)32-25-29(14-17-36(32)50-37)28-8-2-3-9-28)40(49)45-22-20-43(21-23-45)34-11-5-4-10-31(34)39(48)44-18-6-1-7-19-44/h4-5,10-17,25-26,28,33H,1-3,6-9,18-24H2,(H,42,47)/t33-/m1/s1. The smallest absolute Gasteiger partial charge is 0.287 e. The molecule has 50 heavy (non-hydrogen) atoms. The molecule has 260 valence electrons. The highest BCUT2D eigenvalue weighted by molar-refractivity contribution is 6.30. The van der Waals surface area contributed by atoms with Crippen LogP contribution in [0.5, 0.6) is 0 Å². The molecule has 1 aliphatic carbocycles. The van der Waals surface area contributed by atoms with Gasteiger partial charge in [-0.3, -0.25) is 19.2 Å². The number of hydrogen-bond acceptors (Lipinski definition) is 6. The molecule has 0 spiro atoms. The third-order valence-electron chi connectivity index (χ3n) is 10.5. The van der Waals surface area contributed by atoms with E-state index in [1.54, 1.807) is 23.1 Å². The summed E-state index contributed by atoms with van der Waals surface area (Å²) in [4.78, 5) is 60.3. The van der Waals surface area contributed by atoms with E-state index in [0.717, 1.165) is 62.0 Å². The van der Waals surface area contributed by atoms with E-state index in [-0.39, 0.29) is 29.4 Å². The van der Waals surface area contributed by atoms with Crippen molar-refractivity contribution in [1.29, 1.82) is 0 Å². The zero-order chi connectivity index (χ0) is 34.6. The highest BCUT2D eigenvalue weighted by atomic mass is 35.5. The van der Waals surface area contributed by atoms with Gasteiger partial charge in [0, 0.05) is 62.5 Å². The van der Waals surface area contributed by atoms with Crippen molar-refractivity contribution in [3.8, 4) is 0 Å². The number of fused-ring (bicyclic) bond motifs is 1. The predicted octanol–water partition coefficient (Wildman–Crippen LogP) is 6.42. The molecule has 4 aromatic rings. The van der Waals surface area contributed by atoms with Crippen molar-refractivity contribution in [1.82, 2.24) is 15.1 Å². The monoisotopic (exact) mass is 694 g/mol. The maximum atomic E-state index is 14.1. The molecule has 3 aromatic carbocycles. The fourth-order valence-corrected chi connectivity index (χ4v) is 7.80. The molecule has 1 saturated carbocycles. The number of nitrogens with one attached hydrogen (secondary N) is 1. The lowest BCUT2D eigenvalue weighted by molar-refractivity contribution is -0.133. The Kier molecular flexibility index (Phi) is 10.2. The molecule has 3 amide bonds. The van der Waals surface area contributed by atoms with Gasteiger partial charge in [0.05, 0.1) is 10.9 Å². The van der Waals surface area contributed by atoms with Crippen LogP contribution in [0.25, 0.3) is 11.0 Å². The number of halogens is 1. The summed E-state index contributed by atoms with van der Waals surface area (Å²) in [5.74, 6) is -0.487. The topological polar surface area (TPSA) is 103 Å². The Morgan fingerprint density at radius 3 is 2.26 bits per heavy atom. The van der Waals surface area contributed by atoms with Crippen LogP contribution in [0.15, 0.2) is 82.0 Å². The highest BCUT2D eigenvalue weighted by Crippen LogP contribution is 2.35. The molecule has 7 rings (SSSR count). The van der Waals surface area contributed by atoms with Gasteiger partial charge in [0.25, 0.3) is 11.8 Å². The molecule has 0 unspecified atom stereocenters. The van der Waals surface area contributed by atoms with Gasteiger partial charge in [0.15, 0.2) is 11.2 Å². The van der Waals surface area contributed by atoms with Gasteiger partial charge in [0.2, 0.25) is 5.91 Å². The summed E-state index contributed by atoms with van der Waals surface area (Å²) in [6.45, 7) is 3.49. The second kappa shape index (κ2) is 15.1. The molecule has 3 fully saturated rings. The lowest BCUT2D eigenvalue weighted by atomic mass is 9.96. The van der Waals surface area contributed by atoms with Crippen LogP contribution in [0.2, 0.25) is 5.02 Å². The number of likely N-dealkylation sites (tertiary alicyclic amines) is 1. The molecule has 2 saturated heterocycles. The van der Waals surface area contributed by atoms with Crippen molar-refractivity contribution >= 4 is 46.0 Å². The molecule has 1 N–H and O–H groups in total. The minimum atomic E-state index is -0.908. The lowest BCUT2D eigenvalue weighted by Crippen LogP contribution is -2.56. The molecule has 3 aliphatic rings. The SMILES string of the molecule is O=C(N[C@H](Cc1ccc(Cl)cc1)C(=O)N1CCN(c2ccccc2C(=O)N2CCCCC2)CC1)c1cc(=O)c2cc(C3CCCC3)ccc2o1. The summed E-state index contributed by atoms with van der Waals surface area (Å²) in [6, 6.07) is 20.9. The number of piperidine rings is 1. The van der Waals surface area contributed by atoms with Crippen molar-refractivity contribution in [3.63, 3.8) is 0 Å². The molecular weight excluding hydrogens is 652 g/mol. The molecule has 1 aromatic heterocycles. The van der Waals surface area contributed by atoms with Gasteiger partial charge in [0.1, 0.15) is 11.6 Å². The minimum Gasteiger partial charge on any atom is -0.451 e. The Labute approximate surface area is 297 Å². The van der Waals surface area contributed by atoms with Crippen molar-refractivity contribution in [2.75, 3.05) is 44.2 Å². The number of piperazine rings is 1. The lowest BCUT2D eigenvalue weighted by Gasteiger charge is -2.38. The second-order valence-electron chi connectivity index (χ2n) is 13.8. The zero-order valence-corrected chi connectivity index (χ0v) is 29.0. The Bertz CT molecular complexity index is 1920. The molecule has 2 aliphatic heterocycles. The third kappa shape index (κ3) is 7.43. The highest BCUT2D eigenvalue weighted by Gasteiger charge is 2.31. The van der Waals surface area contributed by atoms with E-state index in [4.69, 9.17) is 16.0 Å².